The average Bonchev–Trinajstić information content (AvgIpc) is 3.42. The van der Waals surface area contributed by atoms with E-state index < -0.39 is 24.0 Å². The fourth-order valence-electron chi connectivity index (χ4n) is 7.46. The molecular formula is C32H46FN7O5. The summed E-state index contributed by atoms with van der Waals surface area (Å²) in [6.07, 6.45) is 2.13. The fourth-order valence-corrected chi connectivity index (χ4v) is 7.46. The largest absolute Gasteiger partial charge is 0.470 e. The molecule has 4 N–H and O–H groups in total. The topological polar surface area (TPSA) is 131 Å². The SMILES string of the molecule is CCNC(O)Nc1ccc(-c2nc(N3CC4CCC(C3)O4)nc3c2C(O)N(C[C@@H]2CCCN2C2(C)CO2)CC(C)(C)O3)cc1F. The first kappa shape index (κ1) is 31.0. The lowest BCUT2D eigenvalue weighted by atomic mass is 10.0. The number of aromatic nitrogens is 2. The summed E-state index contributed by atoms with van der Waals surface area (Å²) in [5.74, 6) is 0.231. The van der Waals surface area contributed by atoms with Gasteiger partial charge in [-0.05, 0) is 65.1 Å². The molecule has 6 heterocycles. The molecule has 0 aliphatic carbocycles. The van der Waals surface area contributed by atoms with Crippen LogP contribution >= 0.6 is 0 Å². The van der Waals surface area contributed by atoms with Crippen LogP contribution < -0.4 is 20.3 Å². The normalized spacial score (nSPS) is 31.8. The number of morpholine rings is 1. The Labute approximate surface area is 263 Å². The highest BCUT2D eigenvalue weighted by Gasteiger charge is 2.51. The van der Waals surface area contributed by atoms with Crippen LogP contribution in [0.4, 0.5) is 16.0 Å². The van der Waals surface area contributed by atoms with Crippen molar-refractivity contribution in [3.63, 3.8) is 0 Å². The number of epoxide rings is 1. The van der Waals surface area contributed by atoms with E-state index in [0.29, 0.717) is 61.4 Å². The summed E-state index contributed by atoms with van der Waals surface area (Å²) < 4.78 is 34.0. The number of hydrogen-bond acceptors (Lipinski definition) is 12. The molecule has 13 heteroatoms. The molecule has 0 radical (unpaired) electrons. The third-order valence-electron chi connectivity index (χ3n) is 9.71. The van der Waals surface area contributed by atoms with Crippen LogP contribution in [0.3, 0.4) is 0 Å². The molecule has 0 saturated carbocycles. The van der Waals surface area contributed by atoms with Gasteiger partial charge >= 0.3 is 0 Å². The molecule has 7 rings (SSSR count). The van der Waals surface area contributed by atoms with Crippen molar-refractivity contribution >= 4 is 11.6 Å². The number of ether oxygens (including phenoxy) is 3. The Hall–Kier alpha value is -2.65. The quantitative estimate of drug-likeness (QED) is 0.241. The molecule has 4 fully saturated rings. The summed E-state index contributed by atoms with van der Waals surface area (Å²) in [4.78, 5) is 16.5. The minimum atomic E-state index is -1.10. The van der Waals surface area contributed by atoms with E-state index in [0.717, 1.165) is 38.8 Å². The lowest BCUT2D eigenvalue weighted by molar-refractivity contribution is -0.0434. The lowest BCUT2D eigenvalue weighted by Gasteiger charge is -2.36. The summed E-state index contributed by atoms with van der Waals surface area (Å²) in [6.45, 7) is 12.6. The third kappa shape index (κ3) is 6.23. The van der Waals surface area contributed by atoms with Gasteiger partial charge in [0, 0.05) is 44.3 Å². The maximum atomic E-state index is 15.5. The van der Waals surface area contributed by atoms with Crippen LogP contribution in [0.15, 0.2) is 18.2 Å². The van der Waals surface area contributed by atoms with Crippen molar-refractivity contribution in [2.75, 3.05) is 56.1 Å². The van der Waals surface area contributed by atoms with Gasteiger partial charge in [-0.3, -0.25) is 15.1 Å². The Kier molecular flexibility index (Phi) is 8.16. The van der Waals surface area contributed by atoms with E-state index in [2.05, 4.69) is 27.4 Å². The van der Waals surface area contributed by atoms with Gasteiger partial charge in [-0.1, -0.05) is 13.0 Å². The number of hydrogen-bond donors (Lipinski definition) is 4. The summed E-state index contributed by atoms with van der Waals surface area (Å²) in [7, 11) is 0. The number of aliphatic hydroxyl groups is 2. The highest BCUT2D eigenvalue weighted by Crippen LogP contribution is 2.43. The van der Waals surface area contributed by atoms with E-state index >= 15 is 4.39 Å². The van der Waals surface area contributed by atoms with Crippen molar-refractivity contribution in [1.29, 1.82) is 0 Å². The molecule has 45 heavy (non-hydrogen) atoms. The molecular weight excluding hydrogens is 581 g/mol. The summed E-state index contributed by atoms with van der Waals surface area (Å²) in [6, 6.07) is 4.92. The molecule has 2 aromatic rings. The zero-order chi connectivity index (χ0) is 31.5. The molecule has 1 aromatic carbocycles. The Morgan fingerprint density at radius 1 is 1.13 bits per heavy atom. The van der Waals surface area contributed by atoms with E-state index in [1.165, 1.54) is 6.07 Å². The monoisotopic (exact) mass is 627 g/mol. The molecule has 0 amide bonds. The number of benzene rings is 1. The molecule has 5 aliphatic rings. The summed E-state index contributed by atoms with van der Waals surface area (Å²) >= 11 is 0. The van der Waals surface area contributed by atoms with Crippen LogP contribution in [0.1, 0.15) is 65.2 Å². The van der Waals surface area contributed by atoms with Crippen LogP contribution in [0, 0.1) is 5.82 Å². The number of aliphatic hydroxyl groups excluding tert-OH is 2. The molecule has 12 nitrogen and oxygen atoms in total. The minimum absolute atomic E-state index is 0.116. The van der Waals surface area contributed by atoms with Crippen molar-refractivity contribution in [2.24, 2.45) is 0 Å². The second-order valence-corrected chi connectivity index (χ2v) is 13.9. The Morgan fingerprint density at radius 3 is 2.58 bits per heavy atom. The molecule has 246 valence electrons. The van der Waals surface area contributed by atoms with Gasteiger partial charge in [0.1, 0.15) is 23.4 Å². The Bertz CT molecular complexity index is 1400. The summed E-state index contributed by atoms with van der Waals surface area (Å²) in [5, 5.41) is 27.9. The smallest absolute Gasteiger partial charge is 0.229 e. The van der Waals surface area contributed by atoms with Crippen LogP contribution in [0.5, 0.6) is 5.88 Å². The van der Waals surface area contributed by atoms with Crippen LogP contribution in [-0.4, -0.2) is 112 Å². The van der Waals surface area contributed by atoms with E-state index in [-0.39, 0.29) is 29.7 Å². The number of halogens is 1. The zero-order valence-electron chi connectivity index (χ0n) is 26.6. The maximum Gasteiger partial charge on any atom is 0.229 e. The first-order chi connectivity index (χ1) is 21.5. The molecule has 4 saturated heterocycles. The second kappa shape index (κ2) is 11.9. The van der Waals surface area contributed by atoms with Gasteiger partial charge in [0.05, 0.1) is 35.8 Å². The minimum Gasteiger partial charge on any atom is -0.470 e. The van der Waals surface area contributed by atoms with Gasteiger partial charge in [-0.25, -0.2) is 9.37 Å². The Balaban J connectivity index is 1.28. The van der Waals surface area contributed by atoms with Crippen LogP contribution in [0.25, 0.3) is 11.3 Å². The fraction of sp³-hybridized carbons (Fsp3) is 0.688. The Morgan fingerprint density at radius 2 is 1.89 bits per heavy atom. The van der Waals surface area contributed by atoms with Crippen molar-refractivity contribution in [1.82, 2.24) is 25.1 Å². The summed E-state index contributed by atoms with van der Waals surface area (Å²) in [5.41, 5.74) is 0.555. The van der Waals surface area contributed by atoms with Gasteiger partial charge < -0.3 is 34.6 Å². The van der Waals surface area contributed by atoms with Crippen LogP contribution in [0.2, 0.25) is 0 Å². The van der Waals surface area contributed by atoms with Gasteiger partial charge in [0.15, 0.2) is 6.35 Å². The van der Waals surface area contributed by atoms with Crippen molar-refractivity contribution in [3.05, 3.63) is 29.6 Å². The number of likely N-dealkylation sites (tertiary alicyclic amines) is 1. The van der Waals surface area contributed by atoms with Crippen LogP contribution in [-0.2, 0) is 9.47 Å². The van der Waals surface area contributed by atoms with Crippen molar-refractivity contribution in [2.45, 2.75) is 95.5 Å². The molecule has 5 unspecified atom stereocenters. The predicted molar refractivity (Wildman–Crippen MR) is 166 cm³/mol. The standard InChI is InChI=1S/C32H46FN7O5/c1-5-34-30(42)35-24-11-8-19(13-23(24)33)26-25-27(37-29(36-26)38-15-21-9-10-22(16-38)44-21)45-31(2,3)17-39(28(25)41)14-20-7-6-12-40(20)32(4)18-43-32/h8,11,13,20-22,28,30,34-35,41-42H,5-7,9-10,12,14-18H2,1-4H3/t20-,21?,22?,28?,30?,32?/m0/s1. The first-order valence-corrected chi connectivity index (χ1v) is 16.3. The first-order valence-electron chi connectivity index (χ1n) is 16.3. The van der Waals surface area contributed by atoms with Crippen molar-refractivity contribution < 1.29 is 28.8 Å². The van der Waals surface area contributed by atoms with Crippen molar-refractivity contribution in [3.8, 4) is 17.1 Å². The number of anilines is 2. The molecule has 0 spiro atoms. The van der Waals surface area contributed by atoms with E-state index in [1.54, 1.807) is 12.1 Å². The van der Waals surface area contributed by atoms with Gasteiger partial charge in [-0.15, -0.1) is 0 Å². The zero-order valence-corrected chi connectivity index (χ0v) is 26.6. The van der Waals surface area contributed by atoms with E-state index in [1.807, 2.05) is 25.7 Å². The number of rotatable bonds is 9. The molecule has 5 aliphatic heterocycles. The maximum absolute atomic E-state index is 15.5. The van der Waals surface area contributed by atoms with Gasteiger partial charge in [0.2, 0.25) is 11.8 Å². The highest BCUT2D eigenvalue weighted by molar-refractivity contribution is 5.70. The average molecular weight is 628 g/mol. The highest BCUT2D eigenvalue weighted by atomic mass is 19.1. The van der Waals surface area contributed by atoms with E-state index in [9.17, 15) is 10.2 Å². The number of nitrogens with one attached hydrogen (secondary N) is 2. The van der Waals surface area contributed by atoms with Gasteiger partial charge in [-0.2, -0.15) is 4.98 Å². The molecule has 6 atom stereocenters. The number of nitrogens with zero attached hydrogens (tertiary/aromatic N) is 5. The van der Waals surface area contributed by atoms with E-state index in [4.69, 9.17) is 24.2 Å². The molecule has 2 bridgehead atoms. The third-order valence-corrected chi connectivity index (χ3v) is 9.71. The lowest BCUT2D eigenvalue weighted by Crippen LogP contribution is -2.50. The predicted octanol–water partition coefficient (Wildman–Crippen LogP) is 2.62. The van der Waals surface area contributed by atoms with Gasteiger partial charge in [0.25, 0.3) is 0 Å². The molecule has 1 aromatic heterocycles. The second-order valence-electron chi connectivity index (χ2n) is 13.9. The number of fused-ring (bicyclic) bond motifs is 3.